The fourth-order valence-corrected chi connectivity index (χ4v) is 4.99. The van der Waals surface area contributed by atoms with Crippen molar-refractivity contribution < 1.29 is 0 Å². The number of piperidine rings is 2. The van der Waals surface area contributed by atoms with Crippen LogP contribution in [0.2, 0.25) is 0 Å². The van der Waals surface area contributed by atoms with Crippen molar-refractivity contribution in [2.75, 3.05) is 51.8 Å². The van der Waals surface area contributed by atoms with Crippen molar-refractivity contribution in [3.8, 4) is 0 Å². The van der Waals surface area contributed by atoms with Gasteiger partial charge in [0.05, 0.1) is 19.1 Å². The predicted molar refractivity (Wildman–Crippen MR) is 96.3 cm³/mol. The van der Waals surface area contributed by atoms with Gasteiger partial charge in [-0.05, 0) is 50.6 Å². The molecule has 0 amide bonds. The molecule has 126 valence electrons. The number of hydrogen-bond acceptors (Lipinski definition) is 5. The van der Waals surface area contributed by atoms with Crippen LogP contribution in [0.3, 0.4) is 0 Å². The fraction of sp³-hybridized carbons (Fsp3) is 0.941. The number of rotatable bonds is 4. The van der Waals surface area contributed by atoms with E-state index in [0.29, 0.717) is 0 Å². The van der Waals surface area contributed by atoms with Gasteiger partial charge >= 0.3 is 0 Å². The van der Waals surface area contributed by atoms with Crippen molar-refractivity contribution in [1.82, 2.24) is 14.7 Å². The molecule has 0 aromatic carbocycles. The molecule has 4 nitrogen and oxygen atoms in total. The van der Waals surface area contributed by atoms with Crippen LogP contribution in [0, 0.1) is 11.8 Å². The molecule has 2 atom stereocenters. The van der Waals surface area contributed by atoms with Crippen LogP contribution in [0.5, 0.6) is 0 Å². The lowest BCUT2D eigenvalue weighted by Crippen LogP contribution is -2.44. The fourth-order valence-electron chi connectivity index (χ4n) is 3.94. The first-order valence-corrected chi connectivity index (χ1v) is 10.1. The van der Waals surface area contributed by atoms with Gasteiger partial charge in [-0.2, -0.15) is 0 Å². The van der Waals surface area contributed by atoms with E-state index in [4.69, 9.17) is 4.99 Å². The summed E-state index contributed by atoms with van der Waals surface area (Å²) in [6, 6.07) is 0. The first-order valence-electron chi connectivity index (χ1n) is 9.07. The van der Waals surface area contributed by atoms with Crippen LogP contribution in [-0.4, -0.2) is 71.7 Å². The second-order valence-electron chi connectivity index (χ2n) is 7.49. The Hall–Kier alpha value is -0.260. The molecule has 0 radical (unpaired) electrons. The first-order chi connectivity index (χ1) is 10.7. The third-order valence-electron chi connectivity index (χ3n) is 5.12. The summed E-state index contributed by atoms with van der Waals surface area (Å²) >= 11 is 1.97. The van der Waals surface area contributed by atoms with E-state index in [9.17, 15) is 0 Å². The maximum Gasteiger partial charge on any atom is 0.161 e. The molecule has 0 saturated carbocycles. The highest BCUT2D eigenvalue weighted by Gasteiger charge is 2.24. The molecule has 3 heterocycles. The van der Waals surface area contributed by atoms with Gasteiger partial charge in [-0.25, -0.2) is 0 Å². The summed E-state index contributed by atoms with van der Waals surface area (Å²) in [5.41, 5.74) is 0. The summed E-state index contributed by atoms with van der Waals surface area (Å²) < 4.78 is 0. The summed E-state index contributed by atoms with van der Waals surface area (Å²) in [5.74, 6) is 2.85. The number of hydrogen-bond donors (Lipinski definition) is 0. The highest BCUT2D eigenvalue weighted by atomic mass is 32.2. The van der Waals surface area contributed by atoms with Gasteiger partial charge in [-0.3, -0.25) is 14.8 Å². The lowest BCUT2D eigenvalue weighted by molar-refractivity contribution is 0.136. The van der Waals surface area contributed by atoms with Gasteiger partial charge in [0, 0.05) is 19.6 Å². The van der Waals surface area contributed by atoms with Crippen molar-refractivity contribution in [2.45, 2.75) is 39.5 Å². The topological polar surface area (TPSA) is 22.1 Å². The average Bonchev–Trinajstić information content (AvgIpc) is 2.92. The molecule has 0 aromatic rings. The molecule has 0 aliphatic carbocycles. The highest BCUT2D eigenvalue weighted by molar-refractivity contribution is 8.13. The number of likely N-dealkylation sites (tertiary alicyclic amines) is 2. The minimum absolute atomic E-state index is 0.860. The van der Waals surface area contributed by atoms with Crippen LogP contribution < -0.4 is 0 Å². The van der Waals surface area contributed by atoms with Crippen LogP contribution >= 0.6 is 11.8 Å². The Bertz CT molecular complexity index is 387. The number of thioether (sulfide) groups is 1. The summed E-state index contributed by atoms with van der Waals surface area (Å²) in [6.07, 6.45) is 5.53. The van der Waals surface area contributed by atoms with Gasteiger partial charge in [0.1, 0.15) is 0 Å². The SMILES string of the molecule is CC1CCCN(CSC2=NCCN2CN2CCCC(C)C2)C1. The molecule has 22 heavy (non-hydrogen) atoms. The van der Waals surface area contributed by atoms with Crippen molar-refractivity contribution in [3.05, 3.63) is 0 Å². The van der Waals surface area contributed by atoms with Gasteiger partial charge < -0.3 is 4.90 Å². The van der Waals surface area contributed by atoms with E-state index in [1.165, 1.54) is 57.0 Å². The number of amidine groups is 1. The molecule has 2 unspecified atom stereocenters. The van der Waals surface area contributed by atoms with E-state index in [0.717, 1.165) is 37.5 Å². The zero-order valence-electron chi connectivity index (χ0n) is 14.3. The molecule has 3 aliphatic heterocycles. The average molecular weight is 325 g/mol. The summed E-state index contributed by atoms with van der Waals surface area (Å²) in [5, 5.41) is 1.29. The number of nitrogens with zero attached hydrogens (tertiary/aromatic N) is 4. The molecular weight excluding hydrogens is 292 g/mol. The lowest BCUT2D eigenvalue weighted by Gasteiger charge is -2.35. The van der Waals surface area contributed by atoms with Crippen molar-refractivity contribution in [3.63, 3.8) is 0 Å². The minimum Gasteiger partial charge on any atom is -0.337 e. The third-order valence-corrected chi connectivity index (χ3v) is 6.26. The summed E-state index contributed by atoms with van der Waals surface area (Å²) in [4.78, 5) is 12.5. The quantitative estimate of drug-likeness (QED) is 0.793. The van der Waals surface area contributed by atoms with Gasteiger partial charge in [0.25, 0.3) is 0 Å². The summed E-state index contributed by atoms with van der Waals surface area (Å²) in [7, 11) is 0. The van der Waals surface area contributed by atoms with Crippen molar-refractivity contribution in [2.24, 2.45) is 16.8 Å². The molecule has 0 N–H and O–H groups in total. The molecule has 3 rings (SSSR count). The highest BCUT2D eigenvalue weighted by Crippen LogP contribution is 2.22. The van der Waals surface area contributed by atoms with Crippen LogP contribution in [0.1, 0.15) is 39.5 Å². The normalized spacial score (nSPS) is 31.5. The van der Waals surface area contributed by atoms with Gasteiger partial charge in [0.15, 0.2) is 5.17 Å². The Kier molecular flexibility index (Phi) is 6.05. The molecule has 0 aromatic heterocycles. The van der Waals surface area contributed by atoms with E-state index in [1.54, 1.807) is 0 Å². The maximum absolute atomic E-state index is 4.76. The number of aliphatic imine (C=N–C) groups is 1. The van der Waals surface area contributed by atoms with Gasteiger partial charge in [-0.1, -0.05) is 25.6 Å². The zero-order chi connectivity index (χ0) is 15.4. The summed E-state index contributed by atoms with van der Waals surface area (Å²) in [6.45, 7) is 13.0. The molecule has 2 saturated heterocycles. The van der Waals surface area contributed by atoms with Crippen LogP contribution in [0.25, 0.3) is 0 Å². The van der Waals surface area contributed by atoms with Crippen molar-refractivity contribution in [1.29, 1.82) is 0 Å². The Balaban J connectivity index is 1.44. The second-order valence-corrected chi connectivity index (χ2v) is 8.40. The van der Waals surface area contributed by atoms with Crippen LogP contribution in [0.4, 0.5) is 0 Å². The maximum atomic E-state index is 4.76. The standard InChI is InChI=1S/C17H32N4S/c1-15-5-3-8-19(11-15)13-21-10-7-18-17(21)22-14-20-9-4-6-16(2)12-20/h15-16H,3-14H2,1-2H3. The van der Waals surface area contributed by atoms with E-state index < -0.39 is 0 Å². The molecule has 0 bridgehead atoms. The van der Waals surface area contributed by atoms with E-state index in [-0.39, 0.29) is 0 Å². The first kappa shape index (κ1) is 16.6. The van der Waals surface area contributed by atoms with Gasteiger partial charge in [-0.15, -0.1) is 0 Å². The predicted octanol–water partition coefficient (Wildman–Crippen LogP) is 2.77. The molecule has 3 aliphatic rings. The Morgan fingerprint density at radius 2 is 1.68 bits per heavy atom. The zero-order valence-corrected chi connectivity index (χ0v) is 15.2. The Morgan fingerprint density at radius 1 is 1.00 bits per heavy atom. The molecule has 5 heteroatoms. The largest absolute Gasteiger partial charge is 0.337 e. The van der Waals surface area contributed by atoms with Crippen LogP contribution in [0.15, 0.2) is 4.99 Å². The van der Waals surface area contributed by atoms with E-state index in [2.05, 4.69) is 28.5 Å². The third kappa shape index (κ3) is 4.62. The molecule has 0 spiro atoms. The minimum atomic E-state index is 0.860. The van der Waals surface area contributed by atoms with Crippen LogP contribution in [-0.2, 0) is 0 Å². The Morgan fingerprint density at radius 3 is 2.41 bits per heavy atom. The van der Waals surface area contributed by atoms with E-state index >= 15 is 0 Å². The smallest absolute Gasteiger partial charge is 0.161 e. The lowest BCUT2D eigenvalue weighted by atomic mass is 10.0. The van der Waals surface area contributed by atoms with Gasteiger partial charge in [0.2, 0.25) is 0 Å². The monoisotopic (exact) mass is 324 g/mol. The molecule has 2 fully saturated rings. The van der Waals surface area contributed by atoms with Crippen molar-refractivity contribution >= 4 is 16.9 Å². The second kappa shape index (κ2) is 8.02. The van der Waals surface area contributed by atoms with E-state index in [1.807, 2.05) is 11.8 Å². The molecular formula is C17H32N4S. The Labute approximate surface area is 140 Å².